The van der Waals surface area contributed by atoms with Crippen LogP contribution in [0.25, 0.3) is 0 Å². The summed E-state index contributed by atoms with van der Waals surface area (Å²) in [6, 6.07) is 1.98. The molecular formula is C19H29N3O4S. The number of sulfonamides is 1. The zero-order chi connectivity index (χ0) is 19.3. The van der Waals surface area contributed by atoms with Crippen molar-refractivity contribution in [3.63, 3.8) is 0 Å². The normalized spacial score (nSPS) is 29.4. The number of furan rings is 1. The molecular weight excluding hydrogens is 366 g/mol. The van der Waals surface area contributed by atoms with Gasteiger partial charge in [-0.1, -0.05) is 0 Å². The smallest absolute Gasteiger partial charge is 0.230 e. The molecule has 3 fully saturated rings. The van der Waals surface area contributed by atoms with Gasteiger partial charge in [-0.05, 0) is 45.3 Å². The standard InChI is InChI=1S/C19H29N3O4S/c1-3-21-10-7-19(17(21)23)15-22(27(2,24)25)14-18(19)5-8-20(9-6-18)12-16-4-11-26-13-16/h4,11,13H,3,5-10,12,14-15H2,1-2H3/t19-/m0/s1. The number of likely N-dealkylation sites (tertiary alicyclic amines) is 2. The maximum absolute atomic E-state index is 13.3. The summed E-state index contributed by atoms with van der Waals surface area (Å²) in [6.45, 7) is 6.87. The van der Waals surface area contributed by atoms with E-state index in [2.05, 4.69) is 4.90 Å². The first-order valence-corrected chi connectivity index (χ1v) is 11.6. The molecule has 0 radical (unpaired) electrons. The monoisotopic (exact) mass is 395 g/mol. The van der Waals surface area contributed by atoms with E-state index >= 15 is 0 Å². The molecule has 8 heteroatoms. The molecule has 0 unspecified atom stereocenters. The van der Waals surface area contributed by atoms with Gasteiger partial charge in [-0.2, -0.15) is 0 Å². The van der Waals surface area contributed by atoms with Crippen molar-refractivity contribution in [2.24, 2.45) is 10.8 Å². The van der Waals surface area contributed by atoms with E-state index < -0.39 is 15.4 Å². The SMILES string of the molecule is CCN1CC[C@]2(CN(S(C)(=O)=O)CC23CCN(Cc2ccoc2)CC3)C1=O. The van der Waals surface area contributed by atoms with Crippen molar-refractivity contribution in [2.75, 3.05) is 45.5 Å². The number of amides is 1. The summed E-state index contributed by atoms with van der Waals surface area (Å²) in [5.41, 5.74) is 0.358. The summed E-state index contributed by atoms with van der Waals surface area (Å²) in [5.74, 6) is 0.166. The van der Waals surface area contributed by atoms with Gasteiger partial charge in [0.25, 0.3) is 0 Å². The number of hydrogen-bond acceptors (Lipinski definition) is 5. The summed E-state index contributed by atoms with van der Waals surface area (Å²) in [7, 11) is -3.31. The number of carbonyl (C=O) groups excluding carboxylic acids is 1. The van der Waals surface area contributed by atoms with Crippen LogP contribution in [0.2, 0.25) is 0 Å². The molecule has 0 bridgehead atoms. The van der Waals surface area contributed by atoms with Gasteiger partial charge < -0.3 is 9.32 Å². The van der Waals surface area contributed by atoms with Crippen molar-refractivity contribution in [1.29, 1.82) is 0 Å². The van der Waals surface area contributed by atoms with Crippen molar-refractivity contribution < 1.29 is 17.6 Å². The van der Waals surface area contributed by atoms with Gasteiger partial charge in [-0.25, -0.2) is 12.7 Å². The maximum atomic E-state index is 13.3. The van der Waals surface area contributed by atoms with Crippen molar-refractivity contribution in [3.8, 4) is 0 Å². The summed E-state index contributed by atoms with van der Waals surface area (Å²) >= 11 is 0. The third kappa shape index (κ3) is 3.02. The van der Waals surface area contributed by atoms with Crippen molar-refractivity contribution in [2.45, 2.75) is 32.7 Å². The number of fused-ring (bicyclic) bond motifs is 1. The average molecular weight is 396 g/mol. The summed E-state index contributed by atoms with van der Waals surface area (Å²) in [5, 5.41) is 0. The Labute approximate surface area is 161 Å². The molecule has 3 saturated heterocycles. The number of hydrogen-bond donors (Lipinski definition) is 0. The quantitative estimate of drug-likeness (QED) is 0.770. The molecule has 27 heavy (non-hydrogen) atoms. The van der Waals surface area contributed by atoms with Gasteiger partial charge in [0.05, 0.1) is 24.2 Å². The minimum absolute atomic E-state index is 0.166. The van der Waals surface area contributed by atoms with E-state index in [1.54, 1.807) is 16.8 Å². The van der Waals surface area contributed by atoms with E-state index in [9.17, 15) is 13.2 Å². The molecule has 2 spiro atoms. The topological polar surface area (TPSA) is 74.1 Å². The lowest BCUT2D eigenvalue weighted by Crippen LogP contribution is -2.52. The first-order valence-electron chi connectivity index (χ1n) is 9.78. The van der Waals surface area contributed by atoms with E-state index in [-0.39, 0.29) is 11.3 Å². The van der Waals surface area contributed by atoms with Crippen LogP contribution in [-0.4, -0.2) is 74.0 Å². The number of nitrogens with zero attached hydrogens (tertiary/aromatic N) is 3. The Kier molecular flexibility index (Phi) is 4.63. The molecule has 1 aromatic heterocycles. The van der Waals surface area contributed by atoms with Gasteiger partial charge in [-0.15, -0.1) is 0 Å². The molecule has 3 aliphatic rings. The Morgan fingerprint density at radius 2 is 1.89 bits per heavy atom. The Bertz CT molecular complexity index is 799. The minimum Gasteiger partial charge on any atom is -0.472 e. The molecule has 0 aromatic carbocycles. The lowest BCUT2D eigenvalue weighted by Gasteiger charge is -2.47. The molecule has 1 aromatic rings. The van der Waals surface area contributed by atoms with Crippen LogP contribution in [0.1, 0.15) is 31.7 Å². The van der Waals surface area contributed by atoms with Crippen LogP contribution in [0.4, 0.5) is 0 Å². The maximum Gasteiger partial charge on any atom is 0.230 e. The van der Waals surface area contributed by atoms with Crippen molar-refractivity contribution >= 4 is 15.9 Å². The third-order valence-corrected chi connectivity index (χ3v) is 8.29. The summed E-state index contributed by atoms with van der Waals surface area (Å²) < 4.78 is 31.4. The fraction of sp³-hybridized carbons (Fsp3) is 0.737. The lowest BCUT2D eigenvalue weighted by molar-refractivity contribution is -0.142. The van der Waals surface area contributed by atoms with Gasteiger partial charge in [-0.3, -0.25) is 9.69 Å². The molecule has 4 heterocycles. The fourth-order valence-corrected chi connectivity index (χ4v) is 6.38. The largest absolute Gasteiger partial charge is 0.472 e. The van der Waals surface area contributed by atoms with Gasteiger partial charge in [0, 0.05) is 43.7 Å². The first-order chi connectivity index (χ1) is 12.8. The second-order valence-corrected chi connectivity index (χ2v) is 10.4. The Hall–Kier alpha value is -1.38. The van der Waals surface area contributed by atoms with Gasteiger partial charge in [0.2, 0.25) is 15.9 Å². The van der Waals surface area contributed by atoms with E-state index in [1.165, 1.54) is 6.26 Å². The second kappa shape index (κ2) is 6.60. The van der Waals surface area contributed by atoms with Crippen LogP contribution >= 0.6 is 0 Å². The molecule has 150 valence electrons. The summed E-state index contributed by atoms with van der Waals surface area (Å²) in [4.78, 5) is 17.6. The van der Waals surface area contributed by atoms with Gasteiger partial charge >= 0.3 is 0 Å². The van der Waals surface area contributed by atoms with Crippen LogP contribution in [-0.2, 0) is 21.4 Å². The first kappa shape index (κ1) is 19.0. The highest BCUT2D eigenvalue weighted by Gasteiger charge is 2.66. The highest BCUT2D eigenvalue weighted by Crippen LogP contribution is 2.58. The highest BCUT2D eigenvalue weighted by atomic mass is 32.2. The van der Waals surface area contributed by atoms with Crippen LogP contribution in [0, 0.1) is 10.8 Å². The number of piperidine rings is 1. The Morgan fingerprint density at radius 3 is 2.44 bits per heavy atom. The fourth-order valence-electron chi connectivity index (χ4n) is 5.44. The van der Waals surface area contributed by atoms with Crippen LogP contribution in [0.15, 0.2) is 23.0 Å². The van der Waals surface area contributed by atoms with Crippen molar-refractivity contribution in [1.82, 2.24) is 14.1 Å². The highest BCUT2D eigenvalue weighted by molar-refractivity contribution is 7.88. The summed E-state index contributed by atoms with van der Waals surface area (Å²) in [6.07, 6.45) is 7.22. The molecule has 0 saturated carbocycles. The predicted molar refractivity (Wildman–Crippen MR) is 101 cm³/mol. The van der Waals surface area contributed by atoms with E-state index in [0.29, 0.717) is 19.6 Å². The zero-order valence-electron chi connectivity index (χ0n) is 16.2. The third-order valence-electron chi connectivity index (χ3n) is 7.10. The number of rotatable bonds is 4. The molecule has 1 atom stereocenters. The van der Waals surface area contributed by atoms with Gasteiger partial charge in [0.15, 0.2) is 0 Å². The minimum atomic E-state index is -3.31. The zero-order valence-corrected chi connectivity index (χ0v) is 17.0. The Morgan fingerprint density at radius 1 is 1.15 bits per heavy atom. The Balaban J connectivity index is 1.58. The van der Waals surface area contributed by atoms with Crippen LogP contribution in [0.5, 0.6) is 0 Å². The second-order valence-electron chi connectivity index (χ2n) is 8.44. The molecule has 7 nitrogen and oxygen atoms in total. The molecule has 0 aliphatic carbocycles. The van der Waals surface area contributed by atoms with Gasteiger partial charge in [0.1, 0.15) is 0 Å². The van der Waals surface area contributed by atoms with E-state index in [1.807, 2.05) is 17.9 Å². The van der Waals surface area contributed by atoms with Crippen molar-refractivity contribution in [3.05, 3.63) is 24.2 Å². The van der Waals surface area contributed by atoms with E-state index in [4.69, 9.17) is 4.42 Å². The molecule has 0 N–H and O–H groups in total. The van der Waals surface area contributed by atoms with E-state index in [0.717, 1.165) is 51.0 Å². The average Bonchev–Trinajstić information content (AvgIpc) is 3.32. The predicted octanol–water partition coefficient (Wildman–Crippen LogP) is 1.38. The van der Waals surface area contributed by atoms with Crippen LogP contribution < -0.4 is 0 Å². The van der Waals surface area contributed by atoms with Crippen LogP contribution in [0.3, 0.4) is 0 Å². The molecule has 4 rings (SSSR count). The lowest BCUT2D eigenvalue weighted by atomic mass is 9.60. The molecule has 1 amide bonds. The number of carbonyl (C=O) groups is 1. The molecule has 3 aliphatic heterocycles.